The third kappa shape index (κ3) is 1.61. The van der Waals surface area contributed by atoms with Crippen LogP contribution >= 0.6 is 22.6 Å². The van der Waals surface area contributed by atoms with Crippen LogP contribution in [0.5, 0.6) is 5.75 Å². The van der Waals surface area contributed by atoms with E-state index in [0.717, 1.165) is 25.8 Å². The number of Topliss-reactive ketones (excluding diaryl/α,β-unsaturated/α-hetero) is 1. The van der Waals surface area contributed by atoms with Crippen molar-refractivity contribution in [1.82, 2.24) is 4.98 Å². The van der Waals surface area contributed by atoms with E-state index < -0.39 is 0 Å². The van der Waals surface area contributed by atoms with Crippen LogP contribution in [-0.2, 0) is 0 Å². The molecule has 4 heteroatoms. The number of aromatic nitrogens is 1. The van der Waals surface area contributed by atoms with Gasteiger partial charge in [0.25, 0.3) is 0 Å². The van der Waals surface area contributed by atoms with E-state index >= 15 is 0 Å². The van der Waals surface area contributed by atoms with Gasteiger partial charge in [0, 0.05) is 15.9 Å². The first-order valence-electron chi connectivity index (χ1n) is 4.92. The molecule has 0 amide bonds. The summed E-state index contributed by atoms with van der Waals surface area (Å²) in [6.45, 7) is 3.51. The minimum Gasteiger partial charge on any atom is -0.496 e. The van der Waals surface area contributed by atoms with Gasteiger partial charge in [0.05, 0.1) is 18.3 Å². The van der Waals surface area contributed by atoms with Crippen molar-refractivity contribution < 1.29 is 9.53 Å². The van der Waals surface area contributed by atoms with Gasteiger partial charge in [0.2, 0.25) is 0 Å². The lowest BCUT2D eigenvalue weighted by Crippen LogP contribution is -1.94. The van der Waals surface area contributed by atoms with Gasteiger partial charge in [0.15, 0.2) is 5.78 Å². The second-order valence-corrected chi connectivity index (χ2v) is 4.84. The zero-order valence-corrected chi connectivity index (χ0v) is 11.5. The van der Waals surface area contributed by atoms with E-state index in [2.05, 4.69) is 27.6 Å². The number of ketones is 1. The highest BCUT2D eigenvalue weighted by Crippen LogP contribution is 2.33. The van der Waals surface area contributed by atoms with Gasteiger partial charge in [-0.05, 0) is 47.2 Å². The average Bonchev–Trinajstić information content (AvgIpc) is 2.59. The topological polar surface area (TPSA) is 42.1 Å². The predicted molar refractivity (Wildman–Crippen MR) is 72.3 cm³/mol. The summed E-state index contributed by atoms with van der Waals surface area (Å²) in [7, 11) is 1.64. The number of carbonyl (C=O) groups excluding carboxylic acids is 1. The van der Waals surface area contributed by atoms with Gasteiger partial charge in [-0.3, -0.25) is 4.79 Å². The Labute approximate surface area is 107 Å². The first-order valence-corrected chi connectivity index (χ1v) is 5.99. The predicted octanol–water partition coefficient (Wildman–Crippen LogP) is 3.29. The third-order valence-electron chi connectivity index (χ3n) is 2.69. The van der Waals surface area contributed by atoms with Crippen molar-refractivity contribution >= 4 is 39.3 Å². The molecule has 0 unspecified atom stereocenters. The van der Waals surface area contributed by atoms with Crippen molar-refractivity contribution in [3.8, 4) is 5.75 Å². The van der Waals surface area contributed by atoms with Crippen LogP contribution in [0.3, 0.4) is 0 Å². The van der Waals surface area contributed by atoms with Gasteiger partial charge < -0.3 is 9.72 Å². The fourth-order valence-electron chi connectivity index (χ4n) is 1.92. The average molecular weight is 329 g/mol. The molecule has 0 spiro atoms. The smallest absolute Gasteiger partial charge is 0.176 e. The highest BCUT2D eigenvalue weighted by atomic mass is 127. The van der Waals surface area contributed by atoms with E-state index in [4.69, 9.17) is 4.74 Å². The molecule has 0 bridgehead atoms. The van der Waals surface area contributed by atoms with Gasteiger partial charge in [-0.25, -0.2) is 0 Å². The van der Waals surface area contributed by atoms with Crippen molar-refractivity contribution in [1.29, 1.82) is 0 Å². The standard InChI is InChI=1S/C12H12INO2/c1-6-10-9(16-3)5-4-8(13)12(10)14-11(6)7(2)15/h4-5,14H,1-3H3. The zero-order valence-electron chi connectivity index (χ0n) is 9.35. The molecule has 0 aliphatic rings. The van der Waals surface area contributed by atoms with Crippen LogP contribution in [0.4, 0.5) is 0 Å². The molecule has 1 aromatic carbocycles. The third-order valence-corrected chi connectivity index (χ3v) is 3.59. The van der Waals surface area contributed by atoms with Crippen LogP contribution in [0.15, 0.2) is 12.1 Å². The lowest BCUT2D eigenvalue weighted by atomic mass is 10.1. The fourth-order valence-corrected chi connectivity index (χ4v) is 2.50. The number of fused-ring (bicyclic) bond motifs is 1. The van der Waals surface area contributed by atoms with Crippen LogP contribution in [0, 0.1) is 10.5 Å². The Bertz CT molecular complexity index is 572. The maximum atomic E-state index is 11.5. The summed E-state index contributed by atoms with van der Waals surface area (Å²) >= 11 is 2.25. The van der Waals surface area contributed by atoms with Crippen molar-refractivity contribution in [2.24, 2.45) is 0 Å². The molecule has 1 N–H and O–H groups in total. The number of carbonyl (C=O) groups is 1. The first-order chi connectivity index (χ1) is 7.56. The monoisotopic (exact) mass is 329 g/mol. The Morgan fingerprint density at radius 1 is 1.44 bits per heavy atom. The van der Waals surface area contributed by atoms with Gasteiger partial charge in [-0.15, -0.1) is 0 Å². The number of methoxy groups -OCH3 is 1. The zero-order chi connectivity index (χ0) is 11.9. The lowest BCUT2D eigenvalue weighted by Gasteiger charge is -2.03. The van der Waals surface area contributed by atoms with Crippen LogP contribution in [0.1, 0.15) is 23.0 Å². The van der Waals surface area contributed by atoms with Gasteiger partial charge >= 0.3 is 0 Å². The minimum atomic E-state index is 0.0477. The molecule has 84 valence electrons. The minimum absolute atomic E-state index is 0.0477. The molecule has 0 saturated carbocycles. The molecule has 0 aliphatic carbocycles. The van der Waals surface area contributed by atoms with E-state index in [1.165, 1.54) is 0 Å². The second kappa shape index (κ2) is 4.08. The van der Waals surface area contributed by atoms with E-state index in [1.807, 2.05) is 19.1 Å². The van der Waals surface area contributed by atoms with E-state index in [0.29, 0.717) is 5.69 Å². The summed E-state index contributed by atoms with van der Waals surface area (Å²) in [5, 5.41) is 1.000. The molecule has 0 radical (unpaired) electrons. The normalized spacial score (nSPS) is 10.8. The molecule has 0 atom stereocenters. The van der Waals surface area contributed by atoms with Crippen molar-refractivity contribution in [3.63, 3.8) is 0 Å². The maximum Gasteiger partial charge on any atom is 0.176 e. The van der Waals surface area contributed by atoms with Crippen LogP contribution in [0.2, 0.25) is 0 Å². The van der Waals surface area contributed by atoms with Crippen LogP contribution in [0.25, 0.3) is 10.9 Å². The Morgan fingerprint density at radius 2 is 2.12 bits per heavy atom. The Morgan fingerprint density at radius 3 is 2.69 bits per heavy atom. The summed E-state index contributed by atoms with van der Waals surface area (Å²) in [6.07, 6.45) is 0. The molecule has 1 heterocycles. The van der Waals surface area contributed by atoms with E-state index in [1.54, 1.807) is 14.0 Å². The van der Waals surface area contributed by atoms with Gasteiger partial charge in [-0.2, -0.15) is 0 Å². The number of ether oxygens (including phenoxy) is 1. The number of rotatable bonds is 2. The highest BCUT2D eigenvalue weighted by molar-refractivity contribution is 14.1. The van der Waals surface area contributed by atoms with E-state index in [9.17, 15) is 4.79 Å². The SMILES string of the molecule is COc1ccc(I)c2[nH]c(C(C)=O)c(C)c12. The molecular formula is C12H12INO2. The lowest BCUT2D eigenvalue weighted by molar-refractivity contribution is 0.101. The molecule has 0 fully saturated rings. The summed E-state index contributed by atoms with van der Waals surface area (Å²) in [4.78, 5) is 14.6. The number of hydrogen-bond acceptors (Lipinski definition) is 2. The van der Waals surface area contributed by atoms with Crippen molar-refractivity contribution in [2.75, 3.05) is 7.11 Å². The Balaban J connectivity index is 2.89. The van der Waals surface area contributed by atoms with E-state index in [-0.39, 0.29) is 5.78 Å². The second-order valence-electron chi connectivity index (χ2n) is 3.68. The van der Waals surface area contributed by atoms with Crippen LogP contribution < -0.4 is 4.74 Å². The number of nitrogens with one attached hydrogen (secondary N) is 1. The number of halogens is 1. The van der Waals surface area contributed by atoms with Crippen molar-refractivity contribution in [2.45, 2.75) is 13.8 Å². The number of H-pyrrole nitrogens is 1. The Hall–Kier alpha value is -1.04. The largest absolute Gasteiger partial charge is 0.496 e. The summed E-state index contributed by atoms with van der Waals surface area (Å²) < 4.78 is 6.41. The molecule has 0 aliphatic heterocycles. The summed E-state index contributed by atoms with van der Waals surface area (Å²) in [5.41, 5.74) is 2.60. The molecule has 1 aromatic heterocycles. The maximum absolute atomic E-state index is 11.5. The summed E-state index contributed by atoms with van der Waals surface area (Å²) in [5.74, 6) is 0.850. The number of hydrogen-bond donors (Lipinski definition) is 1. The van der Waals surface area contributed by atoms with Gasteiger partial charge in [0.1, 0.15) is 5.75 Å². The molecule has 2 rings (SSSR count). The molecule has 16 heavy (non-hydrogen) atoms. The fraction of sp³-hybridized carbons (Fsp3) is 0.250. The number of aromatic amines is 1. The highest BCUT2D eigenvalue weighted by Gasteiger charge is 2.16. The van der Waals surface area contributed by atoms with Crippen molar-refractivity contribution in [3.05, 3.63) is 27.0 Å². The molecule has 0 saturated heterocycles. The first kappa shape index (κ1) is 11.4. The molecule has 2 aromatic rings. The molecular weight excluding hydrogens is 317 g/mol. The number of aryl methyl sites for hydroxylation is 1. The van der Waals surface area contributed by atoms with Gasteiger partial charge in [-0.1, -0.05) is 0 Å². The Kier molecular flexibility index (Phi) is 2.92. The quantitative estimate of drug-likeness (QED) is 0.679. The molecule has 3 nitrogen and oxygen atoms in total. The summed E-state index contributed by atoms with van der Waals surface area (Å²) in [6, 6.07) is 3.90. The van der Waals surface area contributed by atoms with Crippen LogP contribution in [-0.4, -0.2) is 17.9 Å². The number of benzene rings is 1.